The molecule has 1 fully saturated rings. The Kier molecular flexibility index (Phi) is 5.13. The van der Waals surface area contributed by atoms with Crippen LogP contribution >= 0.6 is 23.2 Å². The van der Waals surface area contributed by atoms with Crippen molar-refractivity contribution >= 4 is 45.9 Å². The summed E-state index contributed by atoms with van der Waals surface area (Å²) in [7, 11) is 0. The third kappa shape index (κ3) is 3.79. The van der Waals surface area contributed by atoms with E-state index in [1.165, 1.54) is 6.20 Å². The van der Waals surface area contributed by atoms with Gasteiger partial charge in [-0.25, -0.2) is 9.78 Å². The fraction of sp³-hybridized carbons (Fsp3) is 0.421. The quantitative estimate of drug-likeness (QED) is 0.556. The number of esters is 1. The van der Waals surface area contributed by atoms with Crippen LogP contribution in [0.2, 0.25) is 10.2 Å². The monoisotopic (exact) mass is 394 g/mol. The van der Waals surface area contributed by atoms with Gasteiger partial charge in [0.25, 0.3) is 5.91 Å². The first kappa shape index (κ1) is 18.9. The molecule has 0 saturated carbocycles. The van der Waals surface area contributed by atoms with Crippen LogP contribution in [0, 0.1) is 0 Å². The lowest BCUT2D eigenvalue weighted by atomic mass is 10.1. The van der Waals surface area contributed by atoms with Crippen molar-refractivity contribution in [3.05, 3.63) is 40.1 Å². The average Bonchev–Trinajstić information content (AvgIpc) is 3.05. The number of benzene rings is 1. The highest BCUT2D eigenvalue weighted by Crippen LogP contribution is 2.30. The van der Waals surface area contributed by atoms with Crippen LogP contribution in [-0.2, 0) is 9.53 Å². The predicted molar refractivity (Wildman–Crippen MR) is 102 cm³/mol. The molecule has 1 aromatic heterocycles. The van der Waals surface area contributed by atoms with Gasteiger partial charge in [0, 0.05) is 29.1 Å². The van der Waals surface area contributed by atoms with Crippen LogP contribution in [-0.4, -0.2) is 39.9 Å². The molecule has 0 unspecified atom stereocenters. The minimum Gasteiger partial charge on any atom is -0.458 e. The van der Waals surface area contributed by atoms with E-state index in [-0.39, 0.29) is 17.0 Å². The molecule has 0 aliphatic carbocycles. The maximum atomic E-state index is 13.0. The molecular weight excluding hydrogens is 375 g/mol. The Hall–Kier alpha value is -1.85. The summed E-state index contributed by atoms with van der Waals surface area (Å²) in [6.07, 6.45) is 2.84. The van der Waals surface area contributed by atoms with Crippen molar-refractivity contribution in [3.63, 3.8) is 0 Å². The van der Waals surface area contributed by atoms with Gasteiger partial charge in [0.15, 0.2) is 0 Å². The van der Waals surface area contributed by atoms with Crippen molar-refractivity contribution in [1.29, 1.82) is 0 Å². The standard InChI is InChI=1S/C19H20Cl2N2O3/c1-19(2,3)26-18(25)15-5-4-8-23(15)17(24)11-6-7-12-13(9-11)16(21)22-10-14(12)20/h6-7,9-10,15H,4-5,8H2,1-3H3/t15-/m0/s1. The topological polar surface area (TPSA) is 59.5 Å². The molecule has 0 radical (unpaired) electrons. The van der Waals surface area contributed by atoms with Gasteiger partial charge in [-0.1, -0.05) is 29.3 Å². The maximum Gasteiger partial charge on any atom is 0.329 e. The lowest BCUT2D eigenvalue weighted by Gasteiger charge is -2.27. The number of hydrogen-bond acceptors (Lipinski definition) is 4. The molecule has 5 nitrogen and oxygen atoms in total. The van der Waals surface area contributed by atoms with E-state index in [0.717, 1.165) is 11.8 Å². The second kappa shape index (κ2) is 7.05. The number of amides is 1. The van der Waals surface area contributed by atoms with Crippen molar-refractivity contribution in [1.82, 2.24) is 9.88 Å². The fourth-order valence-electron chi connectivity index (χ4n) is 3.10. The highest BCUT2D eigenvalue weighted by molar-refractivity contribution is 6.39. The average molecular weight is 395 g/mol. The third-order valence-corrected chi connectivity index (χ3v) is 4.83. The lowest BCUT2D eigenvalue weighted by Crippen LogP contribution is -2.43. The van der Waals surface area contributed by atoms with Gasteiger partial charge < -0.3 is 9.64 Å². The van der Waals surface area contributed by atoms with E-state index in [0.29, 0.717) is 28.9 Å². The number of fused-ring (bicyclic) bond motifs is 1. The summed E-state index contributed by atoms with van der Waals surface area (Å²) in [6, 6.07) is 4.54. The van der Waals surface area contributed by atoms with Crippen molar-refractivity contribution in [2.45, 2.75) is 45.3 Å². The Balaban J connectivity index is 1.90. The summed E-state index contributed by atoms with van der Waals surface area (Å²) in [5.74, 6) is -0.594. The van der Waals surface area contributed by atoms with E-state index in [4.69, 9.17) is 27.9 Å². The van der Waals surface area contributed by atoms with Gasteiger partial charge in [0.2, 0.25) is 0 Å². The number of halogens is 2. The van der Waals surface area contributed by atoms with Gasteiger partial charge in [-0.3, -0.25) is 4.79 Å². The molecule has 0 spiro atoms. The molecule has 2 heterocycles. The molecule has 2 aromatic rings. The zero-order valence-corrected chi connectivity index (χ0v) is 16.4. The first-order valence-electron chi connectivity index (χ1n) is 8.45. The molecule has 1 aliphatic heterocycles. The number of carbonyl (C=O) groups excluding carboxylic acids is 2. The van der Waals surface area contributed by atoms with E-state index in [9.17, 15) is 9.59 Å². The van der Waals surface area contributed by atoms with E-state index >= 15 is 0 Å². The van der Waals surface area contributed by atoms with Gasteiger partial charge in [-0.2, -0.15) is 0 Å². The van der Waals surface area contributed by atoms with Crippen LogP contribution in [0.25, 0.3) is 10.8 Å². The SMILES string of the molecule is CC(C)(C)OC(=O)[C@@H]1CCCN1C(=O)c1ccc2c(Cl)cnc(Cl)c2c1. The summed E-state index contributed by atoms with van der Waals surface area (Å²) in [6.45, 7) is 5.96. The minimum atomic E-state index is -0.590. The lowest BCUT2D eigenvalue weighted by molar-refractivity contribution is -0.159. The summed E-state index contributed by atoms with van der Waals surface area (Å²) >= 11 is 12.3. The number of ether oxygens (including phenoxy) is 1. The van der Waals surface area contributed by atoms with Crippen molar-refractivity contribution in [3.8, 4) is 0 Å². The second-order valence-corrected chi connectivity index (χ2v) is 8.11. The van der Waals surface area contributed by atoms with Gasteiger partial charge in [-0.05, 0) is 45.7 Å². The van der Waals surface area contributed by atoms with Crippen molar-refractivity contribution in [2.24, 2.45) is 0 Å². The number of aromatic nitrogens is 1. The highest BCUT2D eigenvalue weighted by Gasteiger charge is 2.37. The van der Waals surface area contributed by atoms with Crippen LogP contribution in [0.3, 0.4) is 0 Å². The summed E-state index contributed by atoms with van der Waals surface area (Å²) in [5, 5.41) is 2.09. The largest absolute Gasteiger partial charge is 0.458 e. The summed E-state index contributed by atoms with van der Waals surface area (Å²) in [4.78, 5) is 31.0. The van der Waals surface area contributed by atoms with Gasteiger partial charge in [0.05, 0.1) is 5.02 Å². The van der Waals surface area contributed by atoms with Crippen LogP contribution in [0.5, 0.6) is 0 Å². The molecule has 26 heavy (non-hydrogen) atoms. The van der Waals surface area contributed by atoms with Crippen LogP contribution in [0.4, 0.5) is 0 Å². The minimum absolute atomic E-state index is 0.226. The normalized spacial score (nSPS) is 17.6. The number of hydrogen-bond donors (Lipinski definition) is 0. The molecule has 0 N–H and O–H groups in total. The second-order valence-electron chi connectivity index (χ2n) is 7.35. The number of rotatable bonds is 2. The van der Waals surface area contributed by atoms with E-state index < -0.39 is 11.6 Å². The van der Waals surface area contributed by atoms with E-state index in [1.54, 1.807) is 23.1 Å². The number of carbonyl (C=O) groups is 2. The third-order valence-electron chi connectivity index (χ3n) is 4.23. The fourth-order valence-corrected chi connectivity index (χ4v) is 3.52. The highest BCUT2D eigenvalue weighted by atomic mass is 35.5. The molecule has 7 heteroatoms. The number of pyridine rings is 1. The van der Waals surface area contributed by atoms with Crippen molar-refractivity contribution < 1.29 is 14.3 Å². The Morgan fingerprint density at radius 1 is 1.23 bits per heavy atom. The maximum absolute atomic E-state index is 13.0. The van der Waals surface area contributed by atoms with Crippen LogP contribution in [0.15, 0.2) is 24.4 Å². The summed E-state index contributed by atoms with van der Waals surface area (Å²) < 4.78 is 5.46. The molecule has 1 aromatic carbocycles. The first-order chi connectivity index (χ1) is 12.2. The Bertz CT molecular complexity index is 877. The molecule has 3 rings (SSSR count). The Morgan fingerprint density at radius 2 is 1.96 bits per heavy atom. The van der Waals surface area contributed by atoms with Gasteiger partial charge in [0.1, 0.15) is 16.8 Å². The molecule has 1 saturated heterocycles. The predicted octanol–water partition coefficient (Wildman–Crippen LogP) is 4.49. The molecule has 0 bridgehead atoms. The summed E-state index contributed by atoms with van der Waals surface area (Å²) in [5.41, 5.74) is -0.147. The van der Waals surface area contributed by atoms with E-state index in [2.05, 4.69) is 4.98 Å². The van der Waals surface area contributed by atoms with Crippen LogP contribution < -0.4 is 0 Å². The van der Waals surface area contributed by atoms with Crippen LogP contribution in [0.1, 0.15) is 44.0 Å². The zero-order chi connectivity index (χ0) is 19.1. The Labute approximate surface area is 162 Å². The molecule has 1 aliphatic rings. The first-order valence-corrected chi connectivity index (χ1v) is 9.20. The molecule has 1 atom stereocenters. The number of likely N-dealkylation sites (tertiary alicyclic amines) is 1. The number of nitrogens with zero attached hydrogens (tertiary/aromatic N) is 2. The zero-order valence-electron chi connectivity index (χ0n) is 14.9. The molecule has 1 amide bonds. The molecular formula is C19H20Cl2N2O3. The molecule has 138 valence electrons. The van der Waals surface area contributed by atoms with Crippen molar-refractivity contribution in [2.75, 3.05) is 6.54 Å². The van der Waals surface area contributed by atoms with Gasteiger partial charge >= 0.3 is 5.97 Å². The van der Waals surface area contributed by atoms with E-state index in [1.807, 2.05) is 20.8 Å². The van der Waals surface area contributed by atoms with Gasteiger partial charge in [-0.15, -0.1) is 0 Å². The Morgan fingerprint density at radius 3 is 2.65 bits per heavy atom. The smallest absolute Gasteiger partial charge is 0.329 e.